The number of carbonyl (C=O) groups is 2. The van der Waals surface area contributed by atoms with Crippen LogP contribution in [0.25, 0.3) is 0 Å². The summed E-state index contributed by atoms with van der Waals surface area (Å²) in [4.78, 5) is 23.1. The molecule has 4 atom stereocenters. The summed E-state index contributed by atoms with van der Waals surface area (Å²) in [5, 5.41) is 0. The highest BCUT2D eigenvalue weighted by atomic mass is 16.7. The van der Waals surface area contributed by atoms with E-state index in [0.29, 0.717) is 6.42 Å². The van der Waals surface area contributed by atoms with Gasteiger partial charge in [-0.2, -0.15) is 0 Å². The van der Waals surface area contributed by atoms with Crippen molar-refractivity contribution >= 4 is 11.9 Å². The number of cyclic esters (lactones) is 2. The summed E-state index contributed by atoms with van der Waals surface area (Å²) in [5.41, 5.74) is 0. The fourth-order valence-electron chi connectivity index (χ4n) is 2.37. The van der Waals surface area contributed by atoms with E-state index in [0.717, 1.165) is 0 Å². The fourth-order valence-corrected chi connectivity index (χ4v) is 2.37. The second-order valence-electron chi connectivity index (χ2n) is 4.35. The Hall–Kier alpha value is -1.88. The predicted molar refractivity (Wildman–Crippen MR) is 59.9 cm³/mol. The Balaban J connectivity index is 1.75. The molecule has 5 nitrogen and oxygen atoms in total. The summed E-state index contributed by atoms with van der Waals surface area (Å²) in [5.74, 6) is -1.93. The van der Waals surface area contributed by atoms with Gasteiger partial charge >= 0.3 is 11.9 Å². The minimum absolute atomic E-state index is 0.421. The van der Waals surface area contributed by atoms with E-state index in [1.807, 2.05) is 6.08 Å². The molecule has 0 N–H and O–H groups in total. The smallest absolute Gasteiger partial charge is 0.320 e. The van der Waals surface area contributed by atoms with Crippen LogP contribution in [0.1, 0.15) is 6.42 Å². The lowest BCUT2D eigenvalue weighted by Gasteiger charge is -2.28. The van der Waals surface area contributed by atoms with Gasteiger partial charge in [0.05, 0.1) is 18.3 Å². The topological polar surface area (TPSA) is 61.8 Å². The van der Waals surface area contributed by atoms with Crippen LogP contribution in [0.5, 0.6) is 0 Å². The molecule has 94 valence electrons. The molecule has 0 aromatic rings. The third kappa shape index (κ3) is 1.86. The molecular formula is C13H12O5. The second kappa shape index (κ2) is 4.42. The Kier molecular flexibility index (Phi) is 2.76. The highest BCUT2D eigenvalue weighted by Gasteiger charge is 2.49. The van der Waals surface area contributed by atoms with Crippen molar-refractivity contribution < 1.29 is 23.8 Å². The van der Waals surface area contributed by atoms with Gasteiger partial charge in [0.15, 0.2) is 0 Å². The van der Waals surface area contributed by atoms with Gasteiger partial charge < -0.3 is 14.2 Å². The van der Waals surface area contributed by atoms with Crippen molar-refractivity contribution in [2.24, 2.45) is 11.8 Å². The van der Waals surface area contributed by atoms with Crippen LogP contribution in [0, 0.1) is 11.8 Å². The van der Waals surface area contributed by atoms with E-state index < -0.39 is 36.2 Å². The van der Waals surface area contributed by atoms with Crippen LogP contribution in [0.3, 0.4) is 0 Å². The predicted octanol–water partition coefficient (Wildman–Crippen LogP) is 1.07. The molecule has 18 heavy (non-hydrogen) atoms. The standard InChI is InChI=1S/C13H12O5/c14-12-8-4-3-5-9(11(8)13(15)18-12)17-10-6-1-2-7-16-10/h1-3,5-11H,4H2/t8-,9+,10-,11?/m0/s1. The molecule has 1 unspecified atom stereocenters. The normalized spacial score (nSPS) is 37.3. The van der Waals surface area contributed by atoms with E-state index in [1.54, 1.807) is 24.3 Å². The van der Waals surface area contributed by atoms with Crippen LogP contribution in [0.15, 0.2) is 36.6 Å². The van der Waals surface area contributed by atoms with Gasteiger partial charge in [-0.15, -0.1) is 0 Å². The molecule has 1 fully saturated rings. The van der Waals surface area contributed by atoms with Crippen molar-refractivity contribution in [3.8, 4) is 0 Å². The molecule has 1 aliphatic carbocycles. The van der Waals surface area contributed by atoms with Gasteiger partial charge in [0, 0.05) is 0 Å². The summed E-state index contributed by atoms with van der Waals surface area (Å²) >= 11 is 0. The number of rotatable bonds is 2. The van der Waals surface area contributed by atoms with Crippen LogP contribution in [0.2, 0.25) is 0 Å². The zero-order valence-corrected chi connectivity index (χ0v) is 9.52. The molecule has 0 saturated carbocycles. The largest absolute Gasteiger partial charge is 0.469 e. The molecule has 5 heteroatoms. The van der Waals surface area contributed by atoms with Crippen LogP contribution < -0.4 is 0 Å². The first-order valence-corrected chi connectivity index (χ1v) is 5.82. The van der Waals surface area contributed by atoms with Gasteiger partial charge in [-0.25, -0.2) is 0 Å². The molecule has 0 spiro atoms. The second-order valence-corrected chi connectivity index (χ2v) is 4.35. The maximum absolute atomic E-state index is 11.6. The molecule has 2 heterocycles. The number of carbonyl (C=O) groups excluding carboxylic acids is 2. The monoisotopic (exact) mass is 248 g/mol. The summed E-state index contributed by atoms with van der Waals surface area (Å²) < 4.78 is 15.6. The fraction of sp³-hybridized carbons (Fsp3) is 0.385. The number of allylic oxidation sites excluding steroid dienone is 3. The number of esters is 2. The number of hydrogen-bond donors (Lipinski definition) is 0. The molecule has 3 aliphatic rings. The molecule has 1 saturated heterocycles. The molecule has 0 bridgehead atoms. The highest BCUT2D eigenvalue weighted by molar-refractivity contribution is 5.97. The molecule has 0 amide bonds. The van der Waals surface area contributed by atoms with Gasteiger partial charge in [-0.3, -0.25) is 9.59 Å². The molecule has 0 aromatic carbocycles. The maximum atomic E-state index is 11.6. The maximum Gasteiger partial charge on any atom is 0.320 e. The van der Waals surface area contributed by atoms with Crippen molar-refractivity contribution in [2.75, 3.05) is 0 Å². The molecule has 2 aliphatic heterocycles. The lowest BCUT2D eigenvalue weighted by Crippen LogP contribution is -2.36. The number of fused-ring (bicyclic) bond motifs is 1. The van der Waals surface area contributed by atoms with Crippen LogP contribution in [-0.4, -0.2) is 24.3 Å². The van der Waals surface area contributed by atoms with Crippen LogP contribution in [-0.2, 0) is 23.8 Å². The first-order chi connectivity index (χ1) is 8.75. The van der Waals surface area contributed by atoms with E-state index in [1.165, 1.54) is 6.26 Å². The zero-order chi connectivity index (χ0) is 12.5. The Morgan fingerprint density at radius 1 is 1.17 bits per heavy atom. The van der Waals surface area contributed by atoms with Gasteiger partial charge in [-0.1, -0.05) is 18.2 Å². The lowest BCUT2D eigenvalue weighted by atomic mass is 9.83. The summed E-state index contributed by atoms with van der Waals surface area (Å²) in [6, 6.07) is 0. The summed E-state index contributed by atoms with van der Waals surface area (Å²) in [6.07, 6.45) is 9.94. The third-order valence-electron chi connectivity index (χ3n) is 3.24. The van der Waals surface area contributed by atoms with E-state index in [9.17, 15) is 9.59 Å². The number of hydrogen-bond acceptors (Lipinski definition) is 5. The Morgan fingerprint density at radius 3 is 2.83 bits per heavy atom. The number of ether oxygens (including phenoxy) is 3. The summed E-state index contributed by atoms with van der Waals surface area (Å²) in [7, 11) is 0. The van der Waals surface area contributed by atoms with Crippen molar-refractivity contribution in [1.29, 1.82) is 0 Å². The van der Waals surface area contributed by atoms with E-state index in [4.69, 9.17) is 9.47 Å². The highest BCUT2D eigenvalue weighted by Crippen LogP contribution is 2.35. The summed E-state index contributed by atoms with van der Waals surface area (Å²) in [6.45, 7) is 0. The van der Waals surface area contributed by atoms with Crippen molar-refractivity contribution in [3.05, 3.63) is 36.6 Å². The molecule has 0 radical (unpaired) electrons. The van der Waals surface area contributed by atoms with E-state index in [-0.39, 0.29) is 0 Å². The SMILES string of the molecule is O=C1OC(=O)[C@H]2CC=C[C@@H](O[C@H]3C=CC=CO3)C12. The first-order valence-electron chi connectivity index (χ1n) is 5.82. The van der Waals surface area contributed by atoms with Gasteiger partial charge in [0.25, 0.3) is 0 Å². The Labute approximate surface area is 104 Å². The molecular weight excluding hydrogens is 236 g/mol. The minimum Gasteiger partial charge on any atom is -0.469 e. The van der Waals surface area contributed by atoms with E-state index >= 15 is 0 Å². The Bertz CT molecular complexity index is 462. The average Bonchev–Trinajstić information content (AvgIpc) is 2.67. The minimum atomic E-state index is -0.551. The molecule has 3 rings (SSSR count). The van der Waals surface area contributed by atoms with E-state index in [2.05, 4.69) is 4.74 Å². The van der Waals surface area contributed by atoms with Crippen molar-refractivity contribution in [3.63, 3.8) is 0 Å². The van der Waals surface area contributed by atoms with Crippen molar-refractivity contribution in [1.82, 2.24) is 0 Å². The Morgan fingerprint density at radius 2 is 2.06 bits per heavy atom. The third-order valence-corrected chi connectivity index (χ3v) is 3.24. The van der Waals surface area contributed by atoms with Crippen LogP contribution >= 0.6 is 0 Å². The average molecular weight is 248 g/mol. The van der Waals surface area contributed by atoms with Gasteiger partial charge in [0.2, 0.25) is 6.29 Å². The van der Waals surface area contributed by atoms with Gasteiger partial charge in [0.1, 0.15) is 5.92 Å². The lowest BCUT2D eigenvalue weighted by molar-refractivity contribution is -0.156. The molecule has 0 aromatic heterocycles. The quantitative estimate of drug-likeness (QED) is 0.415. The van der Waals surface area contributed by atoms with Crippen LogP contribution in [0.4, 0.5) is 0 Å². The van der Waals surface area contributed by atoms with Gasteiger partial charge in [-0.05, 0) is 18.6 Å². The first kappa shape index (κ1) is 11.2. The zero-order valence-electron chi connectivity index (χ0n) is 9.52. The van der Waals surface area contributed by atoms with Crippen molar-refractivity contribution in [2.45, 2.75) is 18.8 Å².